The number of halogens is 2. The number of carbonyl (C=O) groups is 2. The van der Waals surface area contributed by atoms with Crippen molar-refractivity contribution in [1.29, 1.82) is 0 Å². The molecule has 0 aliphatic carbocycles. The molecule has 36 heavy (non-hydrogen) atoms. The number of aryl methyl sites for hydroxylation is 1. The number of hydrogen-bond donors (Lipinski definition) is 1. The average molecular weight is 529 g/mol. The van der Waals surface area contributed by atoms with Crippen LogP contribution in [0.1, 0.15) is 23.1 Å². The molecule has 1 N–H and O–H groups in total. The first-order valence-electron chi connectivity index (χ1n) is 11.6. The fraction of sp³-hybridized carbons (Fsp3) is 0.286. The first-order chi connectivity index (χ1) is 17.4. The van der Waals surface area contributed by atoms with E-state index in [4.69, 9.17) is 32.7 Å². The van der Waals surface area contributed by atoms with Gasteiger partial charge in [0, 0.05) is 42.0 Å². The van der Waals surface area contributed by atoms with E-state index in [2.05, 4.69) is 5.32 Å². The number of hydrogen-bond acceptors (Lipinski definition) is 4. The lowest BCUT2D eigenvalue weighted by molar-refractivity contribution is -0.141. The fourth-order valence-corrected chi connectivity index (χ4v) is 4.52. The molecule has 0 aliphatic rings. The lowest BCUT2D eigenvalue weighted by Gasteiger charge is -2.32. The molecule has 2 amide bonds. The predicted octanol–water partition coefficient (Wildman–Crippen LogP) is 5.33. The van der Waals surface area contributed by atoms with Crippen molar-refractivity contribution >= 4 is 35.0 Å². The number of rotatable bonds is 11. The van der Waals surface area contributed by atoms with Gasteiger partial charge in [0.2, 0.25) is 11.8 Å². The number of nitrogens with one attached hydrogen (secondary N) is 1. The first kappa shape index (κ1) is 27.4. The van der Waals surface area contributed by atoms with Gasteiger partial charge in [0.25, 0.3) is 0 Å². The number of likely N-dealkylation sites (N-methyl/N-ethyl adjacent to an activating group) is 1. The molecule has 3 rings (SSSR count). The number of carbonyl (C=O) groups excluding carboxylic acids is 2. The Hall–Kier alpha value is -3.22. The van der Waals surface area contributed by atoms with E-state index in [1.54, 1.807) is 44.4 Å². The van der Waals surface area contributed by atoms with Gasteiger partial charge in [-0.1, -0.05) is 65.7 Å². The van der Waals surface area contributed by atoms with Crippen LogP contribution in [0.2, 0.25) is 10.0 Å². The van der Waals surface area contributed by atoms with Crippen LogP contribution >= 0.6 is 23.2 Å². The molecule has 0 saturated heterocycles. The number of benzene rings is 3. The van der Waals surface area contributed by atoms with E-state index in [0.29, 0.717) is 39.9 Å². The summed E-state index contributed by atoms with van der Waals surface area (Å²) >= 11 is 12.9. The fourth-order valence-electron chi connectivity index (χ4n) is 4.01. The van der Waals surface area contributed by atoms with Crippen molar-refractivity contribution in [1.82, 2.24) is 10.2 Å². The minimum Gasteiger partial charge on any atom is -0.493 e. The normalized spacial score (nSPS) is 11.5. The van der Waals surface area contributed by atoms with Gasteiger partial charge in [-0.2, -0.15) is 0 Å². The van der Waals surface area contributed by atoms with Gasteiger partial charge >= 0.3 is 0 Å². The minimum absolute atomic E-state index is 0.105. The van der Waals surface area contributed by atoms with Crippen LogP contribution in [0, 0.1) is 0 Å². The molecule has 0 fully saturated rings. The van der Waals surface area contributed by atoms with Crippen molar-refractivity contribution in [2.24, 2.45) is 0 Å². The highest BCUT2D eigenvalue weighted by Gasteiger charge is 2.30. The maximum absolute atomic E-state index is 13.7. The Morgan fingerprint density at radius 1 is 0.889 bits per heavy atom. The molecule has 3 aromatic rings. The lowest BCUT2D eigenvalue weighted by Crippen LogP contribution is -2.49. The Morgan fingerprint density at radius 3 is 2.17 bits per heavy atom. The molecule has 190 valence electrons. The van der Waals surface area contributed by atoms with E-state index in [-0.39, 0.29) is 24.8 Å². The lowest BCUT2D eigenvalue weighted by atomic mass is 10.0. The summed E-state index contributed by atoms with van der Waals surface area (Å²) < 4.78 is 10.7. The van der Waals surface area contributed by atoms with Gasteiger partial charge in [0.1, 0.15) is 6.04 Å². The van der Waals surface area contributed by atoms with Crippen LogP contribution in [0.25, 0.3) is 0 Å². The second kappa shape index (κ2) is 13.2. The predicted molar refractivity (Wildman–Crippen MR) is 143 cm³/mol. The van der Waals surface area contributed by atoms with Gasteiger partial charge in [0.15, 0.2) is 11.5 Å². The molecular weight excluding hydrogens is 499 g/mol. The zero-order chi connectivity index (χ0) is 26.1. The third kappa shape index (κ3) is 6.93. The molecular formula is C28H30Cl2N2O4. The molecule has 0 bridgehead atoms. The number of methoxy groups -OCH3 is 2. The third-order valence-electron chi connectivity index (χ3n) is 5.98. The van der Waals surface area contributed by atoms with E-state index in [9.17, 15) is 9.59 Å². The molecule has 0 saturated carbocycles. The highest BCUT2D eigenvalue weighted by atomic mass is 35.5. The second-order valence-corrected chi connectivity index (χ2v) is 9.05. The maximum atomic E-state index is 13.7. The Balaban J connectivity index is 1.91. The highest BCUT2D eigenvalue weighted by Crippen LogP contribution is 2.29. The van der Waals surface area contributed by atoms with Gasteiger partial charge in [-0.05, 0) is 41.8 Å². The molecule has 0 heterocycles. The van der Waals surface area contributed by atoms with Gasteiger partial charge in [0.05, 0.1) is 14.2 Å². The summed E-state index contributed by atoms with van der Waals surface area (Å²) in [4.78, 5) is 28.3. The van der Waals surface area contributed by atoms with Crippen LogP contribution in [0.3, 0.4) is 0 Å². The Kier molecular flexibility index (Phi) is 10.0. The smallest absolute Gasteiger partial charge is 0.242 e. The van der Waals surface area contributed by atoms with E-state index in [1.165, 1.54) is 0 Å². The van der Waals surface area contributed by atoms with Gasteiger partial charge < -0.3 is 19.7 Å². The van der Waals surface area contributed by atoms with Gasteiger partial charge in [-0.25, -0.2) is 0 Å². The second-order valence-electron chi connectivity index (χ2n) is 8.23. The van der Waals surface area contributed by atoms with Crippen molar-refractivity contribution in [2.75, 3.05) is 21.3 Å². The van der Waals surface area contributed by atoms with E-state index in [1.807, 2.05) is 48.5 Å². The molecule has 0 radical (unpaired) electrons. The summed E-state index contributed by atoms with van der Waals surface area (Å²) in [6.07, 6.45) is 0.988. The van der Waals surface area contributed by atoms with Crippen molar-refractivity contribution in [3.05, 3.63) is 93.5 Å². The molecule has 0 aromatic heterocycles. The van der Waals surface area contributed by atoms with E-state index >= 15 is 0 Å². The molecule has 1 atom stereocenters. The summed E-state index contributed by atoms with van der Waals surface area (Å²) in [7, 11) is 4.71. The van der Waals surface area contributed by atoms with Crippen LogP contribution in [0.5, 0.6) is 11.5 Å². The largest absolute Gasteiger partial charge is 0.493 e. The Labute approximate surface area is 222 Å². The average Bonchev–Trinajstić information content (AvgIpc) is 2.90. The van der Waals surface area contributed by atoms with E-state index in [0.717, 1.165) is 11.1 Å². The number of nitrogens with zero attached hydrogens (tertiary/aromatic N) is 1. The molecule has 0 spiro atoms. The Morgan fingerprint density at radius 2 is 1.56 bits per heavy atom. The summed E-state index contributed by atoms with van der Waals surface area (Å²) in [6.45, 7) is 0.105. The standard InChI is InChI=1S/C28H30Cl2N2O4/c1-31-28(34)24(16-19-8-5-4-6-9-19)32(18-21-22(29)10-7-11-23(21)30)27(33)15-13-20-12-14-25(35-2)26(17-20)36-3/h4-12,14,17,24H,13,15-16,18H2,1-3H3,(H,31,34). The number of amides is 2. The van der Waals surface area contributed by atoms with Crippen LogP contribution in [-0.4, -0.2) is 44.0 Å². The minimum atomic E-state index is -0.748. The molecule has 6 nitrogen and oxygen atoms in total. The summed E-state index contributed by atoms with van der Waals surface area (Å²) in [5, 5.41) is 3.59. The van der Waals surface area contributed by atoms with Gasteiger partial charge in [-0.15, -0.1) is 0 Å². The first-order valence-corrected chi connectivity index (χ1v) is 12.3. The molecule has 1 unspecified atom stereocenters. The van der Waals surface area contributed by atoms with Crippen molar-refractivity contribution in [2.45, 2.75) is 31.8 Å². The highest BCUT2D eigenvalue weighted by molar-refractivity contribution is 6.36. The third-order valence-corrected chi connectivity index (χ3v) is 6.69. The molecule has 3 aromatic carbocycles. The van der Waals surface area contributed by atoms with Gasteiger partial charge in [-0.3, -0.25) is 9.59 Å². The topological polar surface area (TPSA) is 67.9 Å². The van der Waals surface area contributed by atoms with Crippen LogP contribution in [0.15, 0.2) is 66.7 Å². The van der Waals surface area contributed by atoms with Crippen molar-refractivity contribution < 1.29 is 19.1 Å². The van der Waals surface area contributed by atoms with Crippen molar-refractivity contribution in [3.8, 4) is 11.5 Å². The SMILES string of the molecule is CNC(=O)C(Cc1ccccc1)N(Cc1c(Cl)cccc1Cl)C(=O)CCc1ccc(OC)c(OC)c1. The Bertz CT molecular complexity index is 1170. The summed E-state index contributed by atoms with van der Waals surface area (Å²) in [5.74, 6) is 0.756. The van der Waals surface area contributed by atoms with E-state index < -0.39 is 6.04 Å². The molecule has 0 aliphatic heterocycles. The molecule has 8 heteroatoms. The summed E-state index contributed by atoms with van der Waals surface area (Å²) in [5.41, 5.74) is 2.45. The van der Waals surface area contributed by atoms with Crippen molar-refractivity contribution in [3.63, 3.8) is 0 Å². The van der Waals surface area contributed by atoms with Crippen LogP contribution in [0.4, 0.5) is 0 Å². The zero-order valence-electron chi connectivity index (χ0n) is 20.6. The maximum Gasteiger partial charge on any atom is 0.242 e. The van der Waals surface area contributed by atoms with Crippen LogP contribution < -0.4 is 14.8 Å². The quantitative estimate of drug-likeness (QED) is 0.365. The number of ether oxygens (including phenoxy) is 2. The zero-order valence-corrected chi connectivity index (χ0v) is 22.1. The van der Waals surface area contributed by atoms with Crippen LogP contribution in [-0.2, 0) is 29.0 Å². The monoisotopic (exact) mass is 528 g/mol. The summed E-state index contributed by atoms with van der Waals surface area (Å²) in [6, 6.07) is 19.6.